The minimum atomic E-state index is -0.331. The first kappa shape index (κ1) is 17.9. The number of carbonyl (C=O) groups is 2. The lowest BCUT2D eigenvalue weighted by Gasteiger charge is -2.27. The van der Waals surface area contributed by atoms with E-state index < -0.39 is 0 Å². The van der Waals surface area contributed by atoms with Gasteiger partial charge in [0.05, 0.1) is 12.6 Å². The van der Waals surface area contributed by atoms with E-state index in [-0.39, 0.29) is 17.5 Å². The molecule has 1 aromatic carbocycles. The summed E-state index contributed by atoms with van der Waals surface area (Å²) in [7, 11) is 1.56. The van der Waals surface area contributed by atoms with Crippen molar-refractivity contribution in [2.45, 2.75) is 13.3 Å². The fourth-order valence-electron chi connectivity index (χ4n) is 3.38. The van der Waals surface area contributed by atoms with Crippen molar-refractivity contribution in [2.24, 2.45) is 0 Å². The predicted molar refractivity (Wildman–Crippen MR) is 104 cm³/mol. The van der Waals surface area contributed by atoms with E-state index in [1.54, 1.807) is 25.3 Å². The van der Waals surface area contributed by atoms with Crippen LogP contribution in [-0.2, 0) is 0 Å². The summed E-state index contributed by atoms with van der Waals surface area (Å²) in [6, 6.07) is 14.4. The summed E-state index contributed by atoms with van der Waals surface area (Å²) in [6.45, 7) is 2.74. The van der Waals surface area contributed by atoms with Crippen LogP contribution in [0.3, 0.4) is 0 Å². The molecule has 0 aliphatic carbocycles. The van der Waals surface area contributed by atoms with Gasteiger partial charge in [-0.25, -0.2) is 20.0 Å². The maximum absolute atomic E-state index is 13.2. The number of carbonyl (C=O) groups excluding carboxylic acids is 2. The van der Waals surface area contributed by atoms with Crippen molar-refractivity contribution in [3.63, 3.8) is 0 Å². The lowest BCUT2D eigenvalue weighted by atomic mass is 10.1. The van der Waals surface area contributed by atoms with Crippen LogP contribution in [0.4, 0.5) is 0 Å². The van der Waals surface area contributed by atoms with Crippen LogP contribution in [0.15, 0.2) is 48.5 Å². The first-order valence-electron chi connectivity index (χ1n) is 9.09. The third-order valence-electron chi connectivity index (χ3n) is 4.72. The maximum Gasteiger partial charge on any atom is 0.291 e. The first-order chi connectivity index (χ1) is 13.6. The first-order valence-corrected chi connectivity index (χ1v) is 9.09. The van der Waals surface area contributed by atoms with Gasteiger partial charge >= 0.3 is 0 Å². The number of hydrogen-bond acceptors (Lipinski definition) is 5. The number of aryl methyl sites for hydroxylation is 1. The molecule has 7 heteroatoms. The third-order valence-corrected chi connectivity index (χ3v) is 4.72. The number of para-hydroxylation sites is 1. The standard InChI is InChI=1S/C21H20N4O3/c1-14-7-5-10-17(22-14)20(26)24-11-6-12-25(24)21(27)18-13-19(28-2)15-8-3-4-9-16(15)23-18/h3-5,7-10,13H,6,11-12H2,1-2H3. The fraction of sp³-hybridized carbons (Fsp3) is 0.238. The van der Waals surface area contributed by atoms with Crippen LogP contribution >= 0.6 is 0 Å². The van der Waals surface area contributed by atoms with Crippen LogP contribution < -0.4 is 4.74 Å². The topological polar surface area (TPSA) is 75.6 Å². The zero-order chi connectivity index (χ0) is 19.7. The number of ether oxygens (including phenoxy) is 1. The fourth-order valence-corrected chi connectivity index (χ4v) is 3.38. The molecule has 1 aliphatic rings. The molecule has 0 spiro atoms. The van der Waals surface area contributed by atoms with Gasteiger partial charge in [0.25, 0.3) is 11.8 Å². The number of aromatic nitrogens is 2. The Bertz CT molecular complexity index is 1070. The molecule has 3 aromatic rings. The van der Waals surface area contributed by atoms with Gasteiger partial charge in [-0.15, -0.1) is 0 Å². The highest BCUT2D eigenvalue weighted by Gasteiger charge is 2.33. The average Bonchev–Trinajstić information content (AvgIpc) is 3.21. The Labute approximate surface area is 162 Å². The number of benzene rings is 1. The zero-order valence-corrected chi connectivity index (χ0v) is 15.8. The molecule has 0 unspecified atom stereocenters. The molecule has 0 radical (unpaired) electrons. The van der Waals surface area contributed by atoms with Gasteiger partial charge in [0.2, 0.25) is 0 Å². The molecule has 0 atom stereocenters. The summed E-state index contributed by atoms with van der Waals surface area (Å²) in [5, 5.41) is 3.73. The summed E-state index contributed by atoms with van der Waals surface area (Å²) in [5.74, 6) is -0.0452. The van der Waals surface area contributed by atoms with Crippen LogP contribution in [0, 0.1) is 6.92 Å². The Kier molecular flexibility index (Phi) is 4.65. The number of hydrogen-bond donors (Lipinski definition) is 0. The lowest BCUT2D eigenvalue weighted by molar-refractivity contribution is 0.0178. The summed E-state index contributed by atoms with van der Waals surface area (Å²) >= 11 is 0. The molecular formula is C21H20N4O3. The minimum absolute atomic E-state index is 0.243. The van der Waals surface area contributed by atoms with Gasteiger partial charge in [0.15, 0.2) is 0 Å². The van der Waals surface area contributed by atoms with Gasteiger partial charge in [-0.1, -0.05) is 18.2 Å². The van der Waals surface area contributed by atoms with Gasteiger partial charge in [0.1, 0.15) is 17.1 Å². The molecule has 142 valence electrons. The van der Waals surface area contributed by atoms with Crippen molar-refractivity contribution in [1.29, 1.82) is 0 Å². The summed E-state index contributed by atoms with van der Waals surface area (Å²) in [6.07, 6.45) is 0.702. The Hall–Kier alpha value is -3.48. The second kappa shape index (κ2) is 7.26. The monoisotopic (exact) mass is 376 g/mol. The van der Waals surface area contributed by atoms with Crippen molar-refractivity contribution in [2.75, 3.05) is 20.2 Å². The number of nitrogens with zero attached hydrogens (tertiary/aromatic N) is 4. The molecule has 1 fully saturated rings. The van der Waals surface area contributed by atoms with Crippen molar-refractivity contribution in [3.8, 4) is 5.75 Å². The van der Waals surface area contributed by atoms with Gasteiger partial charge in [-0.2, -0.15) is 0 Å². The number of methoxy groups -OCH3 is 1. The van der Waals surface area contributed by atoms with Crippen LogP contribution in [0.5, 0.6) is 5.75 Å². The Morgan fingerprint density at radius 2 is 1.64 bits per heavy atom. The molecule has 0 bridgehead atoms. The van der Waals surface area contributed by atoms with E-state index >= 15 is 0 Å². The quantitative estimate of drug-likeness (QED) is 0.703. The average molecular weight is 376 g/mol. The van der Waals surface area contributed by atoms with Crippen LogP contribution in [0.1, 0.15) is 33.1 Å². The van der Waals surface area contributed by atoms with Gasteiger partial charge in [-0.3, -0.25) is 9.59 Å². The molecule has 4 rings (SSSR count). The van der Waals surface area contributed by atoms with E-state index in [9.17, 15) is 9.59 Å². The molecule has 0 N–H and O–H groups in total. The van der Waals surface area contributed by atoms with E-state index in [0.29, 0.717) is 36.5 Å². The number of fused-ring (bicyclic) bond motifs is 1. The van der Waals surface area contributed by atoms with Crippen molar-refractivity contribution in [3.05, 3.63) is 65.6 Å². The van der Waals surface area contributed by atoms with E-state index in [4.69, 9.17) is 4.74 Å². The third kappa shape index (κ3) is 3.15. The molecular weight excluding hydrogens is 356 g/mol. The maximum atomic E-state index is 13.2. The normalized spacial score (nSPS) is 13.8. The molecule has 1 saturated heterocycles. The minimum Gasteiger partial charge on any atom is -0.496 e. The molecule has 2 aromatic heterocycles. The summed E-state index contributed by atoms with van der Waals surface area (Å²) < 4.78 is 5.44. The highest BCUT2D eigenvalue weighted by Crippen LogP contribution is 2.26. The number of pyridine rings is 2. The molecule has 1 aliphatic heterocycles. The van der Waals surface area contributed by atoms with Crippen LogP contribution in [0.2, 0.25) is 0 Å². The van der Waals surface area contributed by atoms with Crippen molar-refractivity contribution >= 4 is 22.7 Å². The van der Waals surface area contributed by atoms with Crippen molar-refractivity contribution in [1.82, 2.24) is 20.0 Å². The predicted octanol–water partition coefficient (Wildman–Crippen LogP) is 2.85. The smallest absolute Gasteiger partial charge is 0.291 e. The zero-order valence-electron chi connectivity index (χ0n) is 15.8. The van der Waals surface area contributed by atoms with Crippen LogP contribution in [-0.4, -0.2) is 52.0 Å². The molecule has 7 nitrogen and oxygen atoms in total. The number of amides is 2. The highest BCUT2D eigenvalue weighted by atomic mass is 16.5. The van der Waals surface area contributed by atoms with E-state index in [2.05, 4.69) is 9.97 Å². The molecule has 28 heavy (non-hydrogen) atoms. The van der Waals surface area contributed by atoms with Gasteiger partial charge in [-0.05, 0) is 37.6 Å². The van der Waals surface area contributed by atoms with Crippen molar-refractivity contribution < 1.29 is 14.3 Å². The molecule has 3 heterocycles. The lowest BCUT2D eigenvalue weighted by Crippen LogP contribution is -2.45. The Balaban J connectivity index is 1.67. The molecule has 2 amide bonds. The van der Waals surface area contributed by atoms with E-state index in [1.165, 1.54) is 10.0 Å². The Morgan fingerprint density at radius 3 is 2.36 bits per heavy atom. The number of hydrazine groups is 1. The number of rotatable bonds is 3. The van der Waals surface area contributed by atoms with Gasteiger partial charge in [0, 0.05) is 30.2 Å². The summed E-state index contributed by atoms with van der Waals surface area (Å²) in [5.41, 5.74) is 1.99. The second-order valence-electron chi connectivity index (χ2n) is 6.60. The largest absolute Gasteiger partial charge is 0.496 e. The highest BCUT2D eigenvalue weighted by molar-refractivity contribution is 6.00. The second-order valence-corrected chi connectivity index (χ2v) is 6.60. The van der Waals surface area contributed by atoms with Gasteiger partial charge < -0.3 is 4.74 Å². The SMILES string of the molecule is COc1cc(C(=O)N2CCCN2C(=O)c2cccc(C)n2)nc2ccccc12. The summed E-state index contributed by atoms with van der Waals surface area (Å²) in [4.78, 5) is 34.8. The molecule has 0 saturated carbocycles. The van der Waals surface area contributed by atoms with E-state index in [0.717, 1.165) is 11.1 Å². The van der Waals surface area contributed by atoms with Crippen LogP contribution in [0.25, 0.3) is 10.9 Å². The Morgan fingerprint density at radius 1 is 0.929 bits per heavy atom. The van der Waals surface area contributed by atoms with E-state index in [1.807, 2.05) is 37.3 Å².